The number of allylic oxidation sites excluding steroid dienone is 5. The Morgan fingerprint density at radius 1 is 1.07 bits per heavy atom. The summed E-state index contributed by atoms with van der Waals surface area (Å²) in [6, 6.07) is 10.7. The summed E-state index contributed by atoms with van der Waals surface area (Å²) in [7, 11) is 0. The normalized spacial score (nSPS) is 15.0. The number of anilines is 1. The summed E-state index contributed by atoms with van der Waals surface area (Å²) in [5.41, 5.74) is 1.34. The predicted molar refractivity (Wildman–Crippen MR) is 122 cm³/mol. The van der Waals surface area contributed by atoms with Gasteiger partial charge in [-0.25, -0.2) is 0 Å². The SMILES string of the molecule is C=C/C=C\CC=C.C=CCC1CCN(CCN(CC)c2ccccc2)CC1. The first kappa shape index (κ1) is 23.0. The van der Waals surface area contributed by atoms with Crippen LogP contribution in [0.1, 0.15) is 32.6 Å². The highest BCUT2D eigenvalue weighted by atomic mass is 15.2. The van der Waals surface area contributed by atoms with Crippen LogP contribution in [-0.4, -0.2) is 37.6 Å². The van der Waals surface area contributed by atoms with Gasteiger partial charge in [-0.3, -0.25) is 0 Å². The highest BCUT2D eigenvalue weighted by molar-refractivity contribution is 5.45. The Hall–Kier alpha value is -2.06. The number of para-hydroxylation sites is 1. The number of likely N-dealkylation sites (N-methyl/N-ethyl adjacent to an activating group) is 1. The van der Waals surface area contributed by atoms with Crippen LogP contribution in [0.3, 0.4) is 0 Å². The monoisotopic (exact) mass is 366 g/mol. The molecular formula is C25H38N2. The van der Waals surface area contributed by atoms with Gasteiger partial charge < -0.3 is 9.80 Å². The first-order valence-corrected chi connectivity index (χ1v) is 10.3. The Balaban J connectivity index is 0.000000445. The molecule has 0 bridgehead atoms. The van der Waals surface area contributed by atoms with Gasteiger partial charge in [0.05, 0.1) is 0 Å². The number of piperidine rings is 1. The third kappa shape index (κ3) is 10.0. The molecule has 1 aliphatic heterocycles. The van der Waals surface area contributed by atoms with Gasteiger partial charge in [-0.05, 0) is 63.7 Å². The molecule has 0 spiro atoms. The Bertz CT molecular complexity index is 539. The maximum Gasteiger partial charge on any atom is 0.0366 e. The van der Waals surface area contributed by atoms with Crippen molar-refractivity contribution in [3.63, 3.8) is 0 Å². The van der Waals surface area contributed by atoms with Gasteiger partial charge in [0.15, 0.2) is 0 Å². The molecule has 2 rings (SSSR count). The van der Waals surface area contributed by atoms with E-state index in [1.54, 1.807) is 6.08 Å². The summed E-state index contributed by atoms with van der Waals surface area (Å²) in [5, 5.41) is 0. The van der Waals surface area contributed by atoms with E-state index in [0.717, 1.165) is 25.4 Å². The van der Waals surface area contributed by atoms with E-state index in [9.17, 15) is 0 Å². The molecule has 1 aromatic rings. The molecule has 0 aliphatic carbocycles. The van der Waals surface area contributed by atoms with Gasteiger partial charge in [0.25, 0.3) is 0 Å². The van der Waals surface area contributed by atoms with E-state index in [4.69, 9.17) is 0 Å². The first-order chi connectivity index (χ1) is 13.2. The largest absolute Gasteiger partial charge is 0.371 e. The lowest BCUT2D eigenvalue weighted by Gasteiger charge is -2.33. The first-order valence-electron chi connectivity index (χ1n) is 10.3. The summed E-state index contributed by atoms with van der Waals surface area (Å²) in [6.45, 7) is 19.1. The molecule has 1 fully saturated rings. The minimum atomic E-state index is 0.875. The average molecular weight is 367 g/mol. The summed E-state index contributed by atoms with van der Waals surface area (Å²) in [5.74, 6) is 0.875. The molecule has 1 aromatic carbocycles. The molecule has 0 saturated carbocycles. The molecule has 0 atom stereocenters. The van der Waals surface area contributed by atoms with Crippen LogP contribution in [0.2, 0.25) is 0 Å². The molecule has 0 N–H and O–H groups in total. The molecule has 1 heterocycles. The van der Waals surface area contributed by atoms with Crippen molar-refractivity contribution in [1.29, 1.82) is 0 Å². The number of hydrogen-bond acceptors (Lipinski definition) is 2. The third-order valence-corrected chi connectivity index (χ3v) is 4.97. The lowest BCUT2D eigenvalue weighted by Crippen LogP contribution is -2.39. The number of rotatable bonds is 10. The van der Waals surface area contributed by atoms with E-state index in [0.29, 0.717) is 0 Å². The second-order valence-corrected chi connectivity index (χ2v) is 6.91. The van der Waals surface area contributed by atoms with Gasteiger partial charge >= 0.3 is 0 Å². The molecule has 2 heteroatoms. The highest BCUT2D eigenvalue weighted by Gasteiger charge is 2.18. The smallest absolute Gasteiger partial charge is 0.0366 e. The maximum atomic E-state index is 3.86. The van der Waals surface area contributed by atoms with Crippen molar-refractivity contribution in [2.45, 2.75) is 32.6 Å². The number of benzene rings is 1. The van der Waals surface area contributed by atoms with E-state index in [2.05, 4.69) is 72.9 Å². The van der Waals surface area contributed by atoms with E-state index >= 15 is 0 Å². The highest BCUT2D eigenvalue weighted by Crippen LogP contribution is 2.21. The Labute approximate surface area is 167 Å². The summed E-state index contributed by atoms with van der Waals surface area (Å²) in [6.07, 6.45) is 14.4. The molecular weight excluding hydrogens is 328 g/mol. The second-order valence-electron chi connectivity index (χ2n) is 6.91. The quantitative estimate of drug-likeness (QED) is 0.364. The molecule has 0 aromatic heterocycles. The van der Waals surface area contributed by atoms with Gasteiger partial charge in [-0.15, -0.1) is 13.2 Å². The van der Waals surface area contributed by atoms with Crippen LogP contribution in [0.4, 0.5) is 5.69 Å². The zero-order chi connectivity index (χ0) is 19.7. The van der Waals surface area contributed by atoms with Crippen molar-refractivity contribution in [3.05, 3.63) is 80.4 Å². The Kier molecular flexibility index (Phi) is 12.8. The molecule has 0 amide bonds. The minimum Gasteiger partial charge on any atom is -0.371 e. The van der Waals surface area contributed by atoms with Crippen LogP contribution < -0.4 is 4.90 Å². The van der Waals surface area contributed by atoms with Gasteiger partial charge in [0, 0.05) is 25.3 Å². The summed E-state index contributed by atoms with van der Waals surface area (Å²) < 4.78 is 0. The molecule has 0 unspecified atom stereocenters. The molecule has 148 valence electrons. The average Bonchev–Trinajstić information content (AvgIpc) is 2.72. The number of nitrogens with zero attached hydrogens (tertiary/aromatic N) is 2. The van der Waals surface area contributed by atoms with Crippen molar-refractivity contribution in [2.75, 3.05) is 37.6 Å². The fourth-order valence-electron chi connectivity index (χ4n) is 3.32. The van der Waals surface area contributed by atoms with E-state index in [1.165, 1.54) is 44.6 Å². The van der Waals surface area contributed by atoms with E-state index in [1.807, 2.05) is 18.2 Å². The number of likely N-dealkylation sites (tertiary alicyclic amines) is 1. The second kappa shape index (κ2) is 15.0. The van der Waals surface area contributed by atoms with Gasteiger partial charge in [0.2, 0.25) is 0 Å². The Morgan fingerprint density at radius 3 is 2.33 bits per heavy atom. The number of hydrogen-bond donors (Lipinski definition) is 0. The van der Waals surface area contributed by atoms with E-state index < -0.39 is 0 Å². The molecule has 27 heavy (non-hydrogen) atoms. The third-order valence-electron chi connectivity index (χ3n) is 4.97. The van der Waals surface area contributed by atoms with Gasteiger partial charge in [-0.1, -0.05) is 55.2 Å². The zero-order valence-electron chi connectivity index (χ0n) is 17.2. The molecule has 1 aliphatic rings. The summed E-state index contributed by atoms with van der Waals surface area (Å²) >= 11 is 0. The molecule has 2 nitrogen and oxygen atoms in total. The van der Waals surface area contributed by atoms with Crippen molar-refractivity contribution >= 4 is 5.69 Å². The fourth-order valence-corrected chi connectivity index (χ4v) is 3.32. The zero-order valence-corrected chi connectivity index (χ0v) is 17.2. The van der Waals surface area contributed by atoms with Crippen LogP contribution in [-0.2, 0) is 0 Å². The van der Waals surface area contributed by atoms with Crippen LogP contribution in [0.5, 0.6) is 0 Å². The fraction of sp³-hybridized carbons (Fsp3) is 0.440. The molecule has 1 saturated heterocycles. The van der Waals surface area contributed by atoms with Crippen molar-refractivity contribution < 1.29 is 0 Å². The van der Waals surface area contributed by atoms with Crippen molar-refractivity contribution in [1.82, 2.24) is 4.90 Å². The van der Waals surface area contributed by atoms with Gasteiger partial charge in [0.1, 0.15) is 0 Å². The van der Waals surface area contributed by atoms with E-state index in [-0.39, 0.29) is 0 Å². The van der Waals surface area contributed by atoms with Gasteiger partial charge in [-0.2, -0.15) is 0 Å². The standard InChI is InChI=1S/C18H28N2.C7H10/c1-3-8-17-11-13-19(14-12-17)15-16-20(4-2)18-9-6-5-7-10-18;1-3-5-7-6-4-2/h3,5-7,9-10,17H,1,4,8,11-16H2,2H3;3-5,7H,1-2,6H2/b;7-5-. The van der Waals surface area contributed by atoms with Crippen LogP contribution >= 0.6 is 0 Å². The minimum absolute atomic E-state index is 0.875. The predicted octanol–water partition coefficient (Wildman–Crippen LogP) is 6.11. The van der Waals surface area contributed by atoms with Crippen molar-refractivity contribution in [3.8, 4) is 0 Å². The van der Waals surface area contributed by atoms with Crippen LogP contribution in [0.25, 0.3) is 0 Å². The topological polar surface area (TPSA) is 6.48 Å². The lowest BCUT2D eigenvalue weighted by atomic mass is 9.94. The van der Waals surface area contributed by atoms with Crippen LogP contribution in [0, 0.1) is 5.92 Å². The van der Waals surface area contributed by atoms with Crippen LogP contribution in [0.15, 0.2) is 80.4 Å². The summed E-state index contributed by atoms with van der Waals surface area (Å²) in [4.78, 5) is 5.08. The van der Waals surface area contributed by atoms with Crippen molar-refractivity contribution in [2.24, 2.45) is 5.92 Å². The Morgan fingerprint density at radius 2 is 1.78 bits per heavy atom. The lowest BCUT2D eigenvalue weighted by molar-refractivity contribution is 0.189. The maximum absolute atomic E-state index is 3.86. The molecule has 0 radical (unpaired) electrons.